The third-order valence-corrected chi connectivity index (χ3v) is 6.06. The summed E-state index contributed by atoms with van der Waals surface area (Å²) in [4.78, 5) is 49.9. The van der Waals surface area contributed by atoms with Gasteiger partial charge in [-0.15, -0.1) is 0 Å². The maximum Gasteiger partial charge on any atom is 0.334 e. The second-order valence-corrected chi connectivity index (χ2v) is 8.11. The number of pyridine rings is 1. The molecule has 3 aromatic heterocycles. The van der Waals surface area contributed by atoms with Gasteiger partial charge in [0.25, 0.3) is 5.56 Å². The molecule has 11 heteroatoms. The number of hydrogen-bond acceptors (Lipinski definition) is 7. The number of piperidine rings is 1. The monoisotopic (exact) mass is 437 g/mol. The molecule has 2 atom stereocenters. The summed E-state index contributed by atoms with van der Waals surface area (Å²) in [5.41, 5.74) is -0.289. The fraction of sp³-hybridized carbons (Fsp3) is 0.333. The Kier molecular flexibility index (Phi) is 4.72. The number of carbonyl (C=O) groups excluding carboxylic acids is 1. The molecule has 0 aliphatic carbocycles. The Morgan fingerprint density at radius 3 is 2.75 bits per heavy atom. The zero-order valence-electron chi connectivity index (χ0n) is 16.9. The molecular weight excluding hydrogens is 418 g/mol. The topological polar surface area (TPSA) is 133 Å². The Labute approximate surface area is 180 Å². The molecule has 0 aromatic carbocycles. The van der Waals surface area contributed by atoms with Crippen molar-refractivity contribution in [1.29, 1.82) is 0 Å². The molecule has 0 saturated carbocycles. The second kappa shape index (κ2) is 7.59. The van der Waals surface area contributed by atoms with Gasteiger partial charge >= 0.3 is 11.2 Å². The third-order valence-electron chi connectivity index (χ3n) is 6.06. The first-order chi connectivity index (χ1) is 15.4. The molecule has 3 aromatic rings. The molecule has 1 saturated heterocycles. The molecule has 32 heavy (non-hydrogen) atoms. The Morgan fingerprint density at radius 1 is 1.16 bits per heavy atom. The second-order valence-electron chi connectivity index (χ2n) is 8.11. The Morgan fingerprint density at radius 2 is 2.00 bits per heavy atom. The Balaban J connectivity index is 1.37. The Bertz CT molecular complexity index is 1330. The van der Waals surface area contributed by atoms with E-state index >= 15 is 0 Å². The lowest BCUT2D eigenvalue weighted by Crippen LogP contribution is -2.50. The zero-order chi connectivity index (χ0) is 22.4. The van der Waals surface area contributed by atoms with Crippen molar-refractivity contribution in [2.24, 2.45) is 5.92 Å². The fourth-order valence-corrected chi connectivity index (χ4v) is 4.62. The minimum absolute atomic E-state index is 0.00374. The molecule has 0 unspecified atom stereocenters. The molecule has 5 heterocycles. The number of furan rings is 1. The molecule has 2 aliphatic rings. The molecule has 2 aliphatic heterocycles. The van der Waals surface area contributed by atoms with Crippen molar-refractivity contribution in [2.45, 2.75) is 25.4 Å². The van der Waals surface area contributed by atoms with E-state index in [0.717, 1.165) is 11.1 Å². The van der Waals surface area contributed by atoms with Crippen LogP contribution >= 0.6 is 0 Å². The zero-order valence-corrected chi connectivity index (χ0v) is 16.9. The largest absolute Gasteiger partial charge is 0.463 e. The van der Waals surface area contributed by atoms with Crippen LogP contribution in [0, 0.1) is 16.0 Å². The maximum atomic E-state index is 13.0. The van der Waals surface area contributed by atoms with Gasteiger partial charge in [0.05, 0.1) is 11.2 Å². The smallest absolute Gasteiger partial charge is 0.334 e. The minimum Gasteiger partial charge on any atom is -0.463 e. The quantitative estimate of drug-likeness (QED) is 0.442. The summed E-state index contributed by atoms with van der Waals surface area (Å²) in [6.45, 7) is 0.901. The number of carbonyl (C=O) groups is 1. The van der Waals surface area contributed by atoms with Gasteiger partial charge in [-0.25, -0.2) is 4.68 Å². The summed E-state index contributed by atoms with van der Waals surface area (Å²) < 4.78 is 7.90. The van der Waals surface area contributed by atoms with Crippen LogP contribution in [0.3, 0.4) is 0 Å². The van der Waals surface area contributed by atoms with Crippen molar-refractivity contribution < 1.29 is 14.1 Å². The number of fused-ring (bicyclic) bond motifs is 4. The highest BCUT2D eigenvalue weighted by Gasteiger charge is 2.37. The molecule has 164 valence electrons. The average molecular weight is 437 g/mol. The maximum absolute atomic E-state index is 13.0. The van der Waals surface area contributed by atoms with E-state index < -0.39 is 21.7 Å². The van der Waals surface area contributed by atoms with Crippen molar-refractivity contribution in [2.75, 3.05) is 13.1 Å². The van der Waals surface area contributed by atoms with Gasteiger partial charge in [0.15, 0.2) is 5.76 Å². The Hall–Kier alpha value is -4.02. The lowest BCUT2D eigenvalue weighted by Gasteiger charge is -2.42. The van der Waals surface area contributed by atoms with Crippen LogP contribution in [0.25, 0.3) is 11.5 Å². The van der Waals surface area contributed by atoms with Crippen LogP contribution < -0.4 is 11.1 Å². The van der Waals surface area contributed by atoms with E-state index in [9.17, 15) is 24.5 Å². The van der Waals surface area contributed by atoms with Crippen LogP contribution in [0.2, 0.25) is 0 Å². The minimum atomic E-state index is -0.669. The highest BCUT2D eigenvalue weighted by atomic mass is 16.6. The number of rotatable bonds is 4. The molecule has 0 radical (unpaired) electrons. The van der Waals surface area contributed by atoms with E-state index in [0.29, 0.717) is 36.8 Å². The van der Waals surface area contributed by atoms with E-state index in [1.54, 1.807) is 29.2 Å². The molecule has 0 spiro atoms. The summed E-state index contributed by atoms with van der Waals surface area (Å²) in [6.07, 6.45) is 2.30. The lowest BCUT2D eigenvalue weighted by molar-refractivity contribution is -0.386. The molecule has 1 fully saturated rings. The number of aromatic nitrogens is 3. The van der Waals surface area contributed by atoms with Crippen molar-refractivity contribution >= 4 is 11.6 Å². The molecule has 1 amide bonds. The third kappa shape index (κ3) is 3.41. The van der Waals surface area contributed by atoms with Crippen LogP contribution in [0.5, 0.6) is 0 Å². The first-order valence-corrected chi connectivity index (χ1v) is 10.2. The van der Waals surface area contributed by atoms with Crippen LogP contribution in [0.1, 0.15) is 18.0 Å². The summed E-state index contributed by atoms with van der Waals surface area (Å²) in [5, 5.41) is 15.3. The van der Waals surface area contributed by atoms with E-state index in [2.05, 4.69) is 5.10 Å². The normalized spacial score (nSPS) is 19.4. The summed E-state index contributed by atoms with van der Waals surface area (Å²) >= 11 is 0. The predicted molar refractivity (Wildman–Crippen MR) is 111 cm³/mol. The first-order valence-electron chi connectivity index (χ1n) is 10.2. The summed E-state index contributed by atoms with van der Waals surface area (Å²) in [6, 6.07) is 9.16. The van der Waals surface area contributed by atoms with Gasteiger partial charge < -0.3 is 13.9 Å². The number of likely N-dealkylation sites (tertiary alicyclic amines) is 1. The van der Waals surface area contributed by atoms with Gasteiger partial charge in [0.2, 0.25) is 5.91 Å². The van der Waals surface area contributed by atoms with Gasteiger partial charge in [0.1, 0.15) is 12.2 Å². The van der Waals surface area contributed by atoms with Crippen molar-refractivity contribution in [3.8, 4) is 11.5 Å². The molecule has 5 rings (SSSR count). The molecule has 11 nitrogen and oxygen atoms in total. The highest BCUT2D eigenvalue weighted by Crippen LogP contribution is 2.35. The first kappa shape index (κ1) is 19.9. The van der Waals surface area contributed by atoms with E-state index in [-0.39, 0.29) is 24.3 Å². The van der Waals surface area contributed by atoms with Gasteiger partial charge in [0, 0.05) is 43.4 Å². The van der Waals surface area contributed by atoms with Gasteiger partial charge in [-0.1, -0.05) is 0 Å². The van der Waals surface area contributed by atoms with E-state index in [4.69, 9.17) is 4.42 Å². The summed E-state index contributed by atoms with van der Waals surface area (Å²) in [5.74, 6) is 0.154. The highest BCUT2D eigenvalue weighted by molar-refractivity contribution is 5.76. The van der Waals surface area contributed by atoms with Gasteiger partial charge in [-0.05, 0) is 36.6 Å². The summed E-state index contributed by atoms with van der Waals surface area (Å²) in [7, 11) is 0. The standard InChI is InChI=1S/C21H19N5O6/c27-19-6-3-15(18-2-1-7-32-18)22-25(19)12-20(28)23-9-13-8-14(11-23)16-4-5-17(26(30)31)21(29)24(16)10-13/h1-7,13-14H,8-12H2/t13-,14+/m0/s1. The molecule has 0 N–H and O–H groups in total. The molecule has 2 bridgehead atoms. The van der Waals surface area contributed by atoms with Crippen LogP contribution in [0.15, 0.2) is 56.7 Å². The molecular formula is C21H19N5O6. The number of amides is 1. The lowest BCUT2D eigenvalue weighted by atomic mass is 9.83. The fourth-order valence-electron chi connectivity index (χ4n) is 4.62. The number of nitro groups is 1. The van der Waals surface area contributed by atoms with E-state index in [1.807, 2.05) is 0 Å². The van der Waals surface area contributed by atoms with Gasteiger partial charge in [-0.2, -0.15) is 5.10 Å². The van der Waals surface area contributed by atoms with Crippen molar-refractivity contribution in [3.63, 3.8) is 0 Å². The number of hydrogen-bond donors (Lipinski definition) is 0. The van der Waals surface area contributed by atoms with Crippen LogP contribution in [0.4, 0.5) is 5.69 Å². The van der Waals surface area contributed by atoms with E-state index in [1.165, 1.54) is 23.0 Å². The predicted octanol–water partition coefficient (Wildman–Crippen LogP) is 1.22. The number of nitrogens with zero attached hydrogens (tertiary/aromatic N) is 5. The average Bonchev–Trinajstić information content (AvgIpc) is 3.30. The van der Waals surface area contributed by atoms with Crippen molar-refractivity contribution in [3.05, 3.63) is 79.2 Å². The van der Waals surface area contributed by atoms with Crippen LogP contribution in [-0.4, -0.2) is 43.2 Å². The SMILES string of the molecule is O=C(Cn1nc(-c2ccco2)ccc1=O)N1C[C@@H]2C[C@H](C1)c1ccc([N+](=O)[O-])c(=O)n1C2. The van der Waals surface area contributed by atoms with Crippen LogP contribution in [-0.2, 0) is 17.9 Å². The van der Waals surface area contributed by atoms with Crippen molar-refractivity contribution in [1.82, 2.24) is 19.2 Å². The van der Waals surface area contributed by atoms with Gasteiger partial charge in [-0.3, -0.25) is 24.5 Å².